The number of thioether (sulfide) groups is 1. The molecule has 0 atom stereocenters. The summed E-state index contributed by atoms with van der Waals surface area (Å²) in [6.07, 6.45) is 1.05. The van der Waals surface area contributed by atoms with Gasteiger partial charge >= 0.3 is 0 Å². The lowest BCUT2D eigenvalue weighted by atomic mass is 10.2. The summed E-state index contributed by atoms with van der Waals surface area (Å²) in [6, 6.07) is 4.83. The molecule has 0 aliphatic rings. The Morgan fingerprint density at radius 1 is 1.33 bits per heavy atom. The molecule has 1 aromatic carbocycles. The van der Waals surface area contributed by atoms with Crippen molar-refractivity contribution in [3.8, 4) is 0 Å². The molecule has 2 rings (SSSR count). The maximum atomic E-state index is 12.1. The summed E-state index contributed by atoms with van der Waals surface area (Å²) >= 11 is 13.2. The Labute approximate surface area is 172 Å². The zero-order chi connectivity index (χ0) is 20.0. The number of hydrogen-bond donors (Lipinski definition) is 2. The van der Waals surface area contributed by atoms with Crippen LogP contribution in [-0.2, 0) is 21.4 Å². The smallest absolute Gasteiger partial charge is 0.235 e. The molecule has 12 heteroatoms. The minimum atomic E-state index is -3.58. The first-order chi connectivity index (χ1) is 12.6. The van der Waals surface area contributed by atoms with Crippen molar-refractivity contribution in [1.82, 2.24) is 24.8 Å². The monoisotopic (exact) mass is 451 g/mol. The van der Waals surface area contributed by atoms with Gasteiger partial charge in [-0.05, 0) is 24.6 Å². The summed E-state index contributed by atoms with van der Waals surface area (Å²) in [4.78, 5) is 16.3. The van der Waals surface area contributed by atoms with Crippen LogP contribution in [0.4, 0.5) is 0 Å². The minimum Gasteiger partial charge on any atom is -0.354 e. The number of nitrogens with zero attached hydrogens (tertiary/aromatic N) is 3. The zero-order valence-electron chi connectivity index (χ0n) is 14.7. The number of rotatable bonds is 9. The van der Waals surface area contributed by atoms with Gasteiger partial charge in [-0.3, -0.25) is 9.89 Å². The van der Waals surface area contributed by atoms with E-state index in [0.29, 0.717) is 38.9 Å². The quantitative estimate of drug-likeness (QED) is 0.446. The van der Waals surface area contributed by atoms with Crippen LogP contribution in [0.5, 0.6) is 0 Å². The molecule has 1 amide bonds. The topological polar surface area (TPSA) is 108 Å². The van der Waals surface area contributed by atoms with Gasteiger partial charge < -0.3 is 5.32 Å². The molecule has 8 nitrogen and oxygen atoms in total. The number of amides is 1. The molecule has 0 saturated carbocycles. The van der Waals surface area contributed by atoms with Gasteiger partial charge in [0, 0.05) is 18.8 Å². The molecule has 0 bridgehead atoms. The SMILES string of the molecule is Cc1nc(SCCNC(=O)CN(Cc2ccc(Cl)c(Cl)c2)S(C)(=O)=O)n[nH]1. The summed E-state index contributed by atoms with van der Waals surface area (Å²) in [5.41, 5.74) is 0.637. The third-order valence-electron chi connectivity index (χ3n) is 3.36. The molecule has 1 heterocycles. The summed E-state index contributed by atoms with van der Waals surface area (Å²) in [5.74, 6) is 0.884. The summed E-state index contributed by atoms with van der Waals surface area (Å²) in [5, 5.41) is 10.7. The molecule has 148 valence electrons. The van der Waals surface area contributed by atoms with Crippen LogP contribution in [0.2, 0.25) is 10.0 Å². The molecule has 0 spiro atoms. The van der Waals surface area contributed by atoms with E-state index < -0.39 is 15.9 Å². The molecule has 0 fully saturated rings. The molecular formula is C15H19Cl2N5O3S2. The number of benzene rings is 1. The van der Waals surface area contributed by atoms with E-state index in [4.69, 9.17) is 23.2 Å². The fraction of sp³-hybridized carbons (Fsp3) is 0.400. The Morgan fingerprint density at radius 3 is 2.67 bits per heavy atom. The van der Waals surface area contributed by atoms with Crippen molar-refractivity contribution < 1.29 is 13.2 Å². The summed E-state index contributed by atoms with van der Waals surface area (Å²) < 4.78 is 25.1. The Balaban J connectivity index is 1.87. The second kappa shape index (κ2) is 9.74. The van der Waals surface area contributed by atoms with Crippen molar-refractivity contribution in [1.29, 1.82) is 0 Å². The number of halogens is 2. The third kappa shape index (κ3) is 7.30. The normalized spacial score (nSPS) is 11.7. The van der Waals surface area contributed by atoms with E-state index in [2.05, 4.69) is 20.5 Å². The van der Waals surface area contributed by atoms with Crippen LogP contribution in [0.25, 0.3) is 0 Å². The number of aromatic amines is 1. The molecule has 0 saturated heterocycles. The lowest BCUT2D eigenvalue weighted by Crippen LogP contribution is -2.40. The van der Waals surface area contributed by atoms with E-state index in [1.54, 1.807) is 25.1 Å². The Kier molecular flexibility index (Phi) is 7.92. The largest absolute Gasteiger partial charge is 0.354 e. The standard InChI is InChI=1S/C15H19Cl2N5O3S2/c1-10-19-15(21-20-10)26-6-5-18-14(23)9-22(27(2,24)25)8-11-3-4-12(16)13(17)7-11/h3-4,7H,5-6,8-9H2,1-2H3,(H,18,23)(H,19,20,21). The fourth-order valence-electron chi connectivity index (χ4n) is 2.07. The van der Waals surface area contributed by atoms with Gasteiger partial charge in [0.1, 0.15) is 5.82 Å². The van der Waals surface area contributed by atoms with Gasteiger partial charge in [0.25, 0.3) is 0 Å². The molecule has 0 aliphatic heterocycles. The minimum absolute atomic E-state index is 0.0222. The second-order valence-corrected chi connectivity index (χ2v) is 9.54. The van der Waals surface area contributed by atoms with Crippen molar-refractivity contribution in [2.45, 2.75) is 18.6 Å². The number of carbonyl (C=O) groups excluding carboxylic acids is 1. The first-order valence-corrected chi connectivity index (χ1v) is 11.4. The van der Waals surface area contributed by atoms with Crippen LogP contribution in [0.1, 0.15) is 11.4 Å². The number of aromatic nitrogens is 3. The van der Waals surface area contributed by atoms with E-state index in [-0.39, 0.29) is 13.1 Å². The Bertz CT molecular complexity index is 905. The van der Waals surface area contributed by atoms with E-state index in [1.165, 1.54) is 11.8 Å². The third-order valence-corrected chi connectivity index (χ3v) is 6.15. The van der Waals surface area contributed by atoms with E-state index >= 15 is 0 Å². The maximum absolute atomic E-state index is 12.1. The highest BCUT2D eigenvalue weighted by Crippen LogP contribution is 2.23. The first kappa shape index (κ1) is 22.0. The summed E-state index contributed by atoms with van der Waals surface area (Å²) in [7, 11) is -3.58. The first-order valence-electron chi connectivity index (χ1n) is 7.82. The maximum Gasteiger partial charge on any atom is 0.235 e. The molecule has 0 unspecified atom stereocenters. The van der Waals surface area contributed by atoms with Crippen LogP contribution >= 0.6 is 35.0 Å². The van der Waals surface area contributed by atoms with Gasteiger partial charge in [0.15, 0.2) is 0 Å². The number of nitrogens with one attached hydrogen (secondary N) is 2. The Morgan fingerprint density at radius 2 is 2.07 bits per heavy atom. The van der Waals surface area contributed by atoms with Crippen molar-refractivity contribution in [3.63, 3.8) is 0 Å². The van der Waals surface area contributed by atoms with Gasteiger partial charge in [-0.2, -0.15) is 4.31 Å². The van der Waals surface area contributed by atoms with E-state index in [1.807, 2.05) is 0 Å². The molecule has 0 radical (unpaired) electrons. The van der Waals surface area contributed by atoms with Gasteiger partial charge in [0.05, 0.1) is 22.8 Å². The number of sulfonamides is 1. The highest BCUT2D eigenvalue weighted by molar-refractivity contribution is 7.99. The number of carbonyl (C=O) groups is 1. The van der Waals surface area contributed by atoms with Crippen molar-refractivity contribution in [2.24, 2.45) is 0 Å². The number of aryl methyl sites for hydroxylation is 1. The van der Waals surface area contributed by atoms with Gasteiger partial charge in [-0.25, -0.2) is 13.4 Å². The lowest BCUT2D eigenvalue weighted by Gasteiger charge is -2.19. The molecule has 27 heavy (non-hydrogen) atoms. The number of hydrogen-bond acceptors (Lipinski definition) is 6. The molecule has 2 aromatic rings. The van der Waals surface area contributed by atoms with Gasteiger partial charge in [0.2, 0.25) is 21.1 Å². The predicted octanol–water partition coefficient (Wildman–Crippen LogP) is 2.09. The lowest BCUT2D eigenvalue weighted by molar-refractivity contribution is -0.121. The van der Waals surface area contributed by atoms with Crippen molar-refractivity contribution >= 4 is 50.9 Å². The van der Waals surface area contributed by atoms with Crippen molar-refractivity contribution in [2.75, 3.05) is 25.1 Å². The highest BCUT2D eigenvalue weighted by Gasteiger charge is 2.20. The molecule has 0 aliphatic carbocycles. The zero-order valence-corrected chi connectivity index (χ0v) is 17.8. The number of H-pyrrole nitrogens is 1. The van der Waals surface area contributed by atoms with Crippen LogP contribution in [0, 0.1) is 6.92 Å². The van der Waals surface area contributed by atoms with Crippen LogP contribution in [0.15, 0.2) is 23.4 Å². The second-order valence-electron chi connectivity index (χ2n) is 5.68. The van der Waals surface area contributed by atoms with Gasteiger partial charge in [-0.15, -0.1) is 5.10 Å². The van der Waals surface area contributed by atoms with Crippen LogP contribution in [0.3, 0.4) is 0 Å². The Hall–Kier alpha value is -1.33. The highest BCUT2D eigenvalue weighted by atomic mass is 35.5. The molecule has 1 aromatic heterocycles. The van der Waals surface area contributed by atoms with E-state index in [9.17, 15) is 13.2 Å². The predicted molar refractivity (Wildman–Crippen MR) is 107 cm³/mol. The average molecular weight is 452 g/mol. The van der Waals surface area contributed by atoms with E-state index in [0.717, 1.165) is 10.6 Å². The summed E-state index contributed by atoms with van der Waals surface area (Å²) in [6.45, 7) is 1.89. The van der Waals surface area contributed by atoms with Gasteiger partial charge in [-0.1, -0.05) is 41.0 Å². The van der Waals surface area contributed by atoms with Crippen molar-refractivity contribution in [3.05, 3.63) is 39.6 Å². The van der Waals surface area contributed by atoms with Crippen LogP contribution in [-0.4, -0.2) is 58.9 Å². The molecular weight excluding hydrogens is 433 g/mol. The molecule has 2 N–H and O–H groups in total. The average Bonchev–Trinajstić information content (AvgIpc) is 2.99. The fourth-order valence-corrected chi connectivity index (χ4v) is 3.82. The van der Waals surface area contributed by atoms with Crippen LogP contribution < -0.4 is 5.32 Å².